The van der Waals surface area contributed by atoms with Crippen LogP contribution in [0.15, 0.2) is 54.6 Å². The van der Waals surface area contributed by atoms with E-state index in [-0.39, 0.29) is 23.2 Å². The molecule has 1 aliphatic rings. The molecule has 1 amide bonds. The van der Waals surface area contributed by atoms with Gasteiger partial charge in [-0.1, -0.05) is 60.1 Å². The minimum Gasteiger partial charge on any atom is -0.452 e. The Bertz CT molecular complexity index is 1060. The minimum absolute atomic E-state index is 0.192. The van der Waals surface area contributed by atoms with Crippen molar-refractivity contribution in [3.05, 3.63) is 82.1 Å². The third-order valence-corrected chi connectivity index (χ3v) is 5.34. The van der Waals surface area contributed by atoms with Crippen LogP contribution in [0.5, 0.6) is 0 Å². The van der Waals surface area contributed by atoms with E-state index < -0.39 is 5.97 Å². The lowest BCUT2D eigenvalue weighted by Crippen LogP contribution is -2.33. The summed E-state index contributed by atoms with van der Waals surface area (Å²) < 4.78 is 6.83. The third-order valence-electron chi connectivity index (χ3n) is 4.96. The summed E-state index contributed by atoms with van der Waals surface area (Å²) in [5.41, 5.74) is 3.67. The van der Waals surface area contributed by atoms with Crippen LogP contribution in [0.25, 0.3) is 0 Å². The highest BCUT2D eigenvalue weighted by Gasteiger charge is 2.27. The number of ether oxygens (including phenoxy) is 1. The number of aromatic nitrogens is 2. The quantitative estimate of drug-likeness (QED) is 0.603. The molecule has 0 aliphatic carbocycles. The van der Waals surface area contributed by atoms with Crippen LogP contribution in [0.2, 0.25) is 5.15 Å². The van der Waals surface area contributed by atoms with E-state index in [4.69, 9.17) is 16.3 Å². The fraction of sp³-hybridized carbons (Fsp3) is 0.227. The molecule has 7 heteroatoms. The smallest absolute Gasteiger partial charge is 0.343 e. The Morgan fingerprint density at radius 2 is 1.83 bits per heavy atom. The molecule has 2 heterocycles. The topological polar surface area (TPSA) is 64.4 Å². The van der Waals surface area contributed by atoms with Crippen LogP contribution >= 0.6 is 11.6 Å². The van der Waals surface area contributed by atoms with Crippen molar-refractivity contribution in [1.82, 2.24) is 9.78 Å². The summed E-state index contributed by atoms with van der Waals surface area (Å²) in [6.07, 6.45) is 0.799. The number of nitrogens with zero attached hydrogens (tertiary/aromatic N) is 3. The van der Waals surface area contributed by atoms with Crippen molar-refractivity contribution in [1.29, 1.82) is 0 Å². The van der Waals surface area contributed by atoms with Gasteiger partial charge in [-0.05, 0) is 30.5 Å². The molecule has 148 valence electrons. The van der Waals surface area contributed by atoms with Gasteiger partial charge in [-0.3, -0.25) is 4.79 Å². The predicted molar refractivity (Wildman–Crippen MR) is 110 cm³/mol. The van der Waals surface area contributed by atoms with Crippen LogP contribution in [0.3, 0.4) is 0 Å². The van der Waals surface area contributed by atoms with Crippen molar-refractivity contribution in [3.63, 3.8) is 0 Å². The zero-order chi connectivity index (χ0) is 20.4. The number of carbonyl (C=O) groups is 2. The molecule has 3 aromatic rings. The predicted octanol–water partition coefficient (Wildman–Crippen LogP) is 3.64. The van der Waals surface area contributed by atoms with Crippen LogP contribution in [0, 0.1) is 6.92 Å². The number of amides is 1. The first-order valence-corrected chi connectivity index (χ1v) is 9.74. The van der Waals surface area contributed by atoms with Gasteiger partial charge in [-0.15, -0.1) is 0 Å². The van der Waals surface area contributed by atoms with Crippen LogP contribution in [0.1, 0.15) is 27.2 Å². The van der Waals surface area contributed by atoms with E-state index in [0.717, 1.165) is 23.2 Å². The first-order chi connectivity index (χ1) is 14.0. The van der Waals surface area contributed by atoms with E-state index in [0.29, 0.717) is 18.8 Å². The lowest BCUT2D eigenvalue weighted by Gasteiger charge is -2.17. The Morgan fingerprint density at radius 1 is 1.10 bits per heavy atom. The molecule has 0 atom stereocenters. The molecular weight excluding hydrogens is 390 g/mol. The monoisotopic (exact) mass is 409 g/mol. The average molecular weight is 410 g/mol. The Balaban J connectivity index is 1.43. The summed E-state index contributed by atoms with van der Waals surface area (Å²) in [6, 6.07) is 17.4. The molecule has 0 spiro atoms. The largest absolute Gasteiger partial charge is 0.452 e. The van der Waals surface area contributed by atoms with Gasteiger partial charge >= 0.3 is 5.97 Å². The maximum Gasteiger partial charge on any atom is 0.343 e. The fourth-order valence-corrected chi connectivity index (χ4v) is 3.83. The van der Waals surface area contributed by atoms with Crippen LogP contribution in [-0.2, 0) is 22.5 Å². The highest BCUT2D eigenvalue weighted by Crippen LogP contribution is 2.27. The number of anilines is 1. The molecule has 0 saturated carbocycles. The maximum atomic E-state index is 12.6. The first kappa shape index (κ1) is 19.2. The van der Waals surface area contributed by atoms with Gasteiger partial charge < -0.3 is 9.64 Å². The number of para-hydroxylation sites is 1. The Morgan fingerprint density at radius 3 is 2.62 bits per heavy atom. The molecule has 6 nitrogen and oxygen atoms in total. The number of hydrogen-bond donors (Lipinski definition) is 0. The van der Waals surface area contributed by atoms with E-state index in [2.05, 4.69) is 5.10 Å². The van der Waals surface area contributed by atoms with Crippen LogP contribution in [0.4, 0.5) is 5.69 Å². The van der Waals surface area contributed by atoms with Crippen molar-refractivity contribution < 1.29 is 14.3 Å². The molecule has 0 saturated heterocycles. The molecular formula is C22H20ClN3O3. The third kappa shape index (κ3) is 3.89. The minimum atomic E-state index is -0.646. The highest BCUT2D eigenvalue weighted by atomic mass is 35.5. The van der Waals surface area contributed by atoms with Gasteiger partial charge in [0.1, 0.15) is 10.7 Å². The van der Waals surface area contributed by atoms with E-state index in [1.807, 2.05) is 54.6 Å². The van der Waals surface area contributed by atoms with Gasteiger partial charge in [0.25, 0.3) is 5.91 Å². The summed E-state index contributed by atoms with van der Waals surface area (Å²) in [7, 11) is 0. The zero-order valence-corrected chi connectivity index (χ0v) is 16.7. The van der Waals surface area contributed by atoms with E-state index >= 15 is 0 Å². The summed E-state index contributed by atoms with van der Waals surface area (Å²) in [4.78, 5) is 26.8. The van der Waals surface area contributed by atoms with Crippen LogP contribution < -0.4 is 4.90 Å². The second kappa shape index (κ2) is 8.09. The molecule has 4 rings (SSSR count). The molecule has 0 fully saturated rings. The Labute approximate surface area is 173 Å². The van der Waals surface area contributed by atoms with E-state index in [9.17, 15) is 9.59 Å². The number of aryl methyl sites for hydroxylation is 1. The molecule has 0 bridgehead atoms. The molecule has 0 radical (unpaired) electrons. The van der Waals surface area contributed by atoms with Gasteiger partial charge in [-0.25, -0.2) is 9.48 Å². The van der Waals surface area contributed by atoms with Crippen molar-refractivity contribution in [3.8, 4) is 0 Å². The number of rotatable bonds is 5. The molecule has 1 aliphatic heterocycles. The van der Waals surface area contributed by atoms with Gasteiger partial charge in [0.2, 0.25) is 0 Å². The van der Waals surface area contributed by atoms with Gasteiger partial charge in [0, 0.05) is 12.2 Å². The number of hydrogen-bond acceptors (Lipinski definition) is 4. The fourth-order valence-electron chi connectivity index (χ4n) is 3.52. The van der Waals surface area contributed by atoms with Gasteiger partial charge in [0.15, 0.2) is 6.61 Å². The second-order valence-electron chi connectivity index (χ2n) is 6.89. The summed E-state index contributed by atoms with van der Waals surface area (Å²) in [5, 5.41) is 4.55. The maximum absolute atomic E-state index is 12.6. The normalized spacial score (nSPS) is 12.7. The number of fused-ring (bicyclic) bond motifs is 1. The molecule has 2 aromatic carbocycles. The Kier molecular flexibility index (Phi) is 5.36. The second-order valence-corrected chi connectivity index (χ2v) is 7.25. The molecule has 0 unspecified atom stereocenters. The van der Waals surface area contributed by atoms with Crippen molar-refractivity contribution >= 4 is 29.2 Å². The molecule has 29 heavy (non-hydrogen) atoms. The van der Waals surface area contributed by atoms with Crippen molar-refractivity contribution in [2.75, 3.05) is 18.1 Å². The molecule has 1 aromatic heterocycles. The summed E-state index contributed by atoms with van der Waals surface area (Å²) in [5.74, 6) is -0.901. The number of benzene rings is 2. The number of carbonyl (C=O) groups excluding carboxylic acids is 2. The van der Waals surface area contributed by atoms with Crippen molar-refractivity contribution in [2.45, 2.75) is 19.9 Å². The lowest BCUT2D eigenvalue weighted by molar-refractivity contribution is -0.121. The Hall–Kier alpha value is -3.12. The lowest BCUT2D eigenvalue weighted by atomic mass is 10.2. The summed E-state index contributed by atoms with van der Waals surface area (Å²) >= 11 is 6.39. The zero-order valence-electron chi connectivity index (χ0n) is 16.0. The molecule has 0 N–H and O–H groups in total. The standard InChI is InChI=1S/C22H20ClN3O3/c1-15-20(21(23)26(24-15)13-16-7-3-2-4-8-16)22(28)29-14-19(27)25-12-11-17-9-5-6-10-18(17)25/h2-10H,11-14H2,1H3. The summed E-state index contributed by atoms with van der Waals surface area (Å²) in [6.45, 7) is 2.39. The highest BCUT2D eigenvalue weighted by molar-refractivity contribution is 6.32. The van der Waals surface area contributed by atoms with Crippen molar-refractivity contribution in [2.24, 2.45) is 0 Å². The van der Waals surface area contributed by atoms with E-state index in [1.54, 1.807) is 16.5 Å². The van der Waals surface area contributed by atoms with Crippen LogP contribution in [-0.4, -0.2) is 34.8 Å². The van der Waals surface area contributed by atoms with E-state index in [1.165, 1.54) is 0 Å². The first-order valence-electron chi connectivity index (χ1n) is 9.37. The van der Waals surface area contributed by atoms with Gasteiger partial charge in [-0.2, -0.15) is 5.10 Å². The number of halogens is 1. The SMILES string of the molecule is Cc1nn(Cc2ccccc2)c(Cl)c1C(=O)OCC(=O)N1CCc2ccccc21. The number of esters is 1. The van der Waals surface area contributed by atoms with Gasteiger partial charge in [0.05, 0.1) is 12.2 Å². The average Bonchev–Trinajstić information content (AvgIpc) is 3.28.